The molecule has 2 nitrogen and oxygen atoms in total. The van der Waals surface area contributed by atoms with Crippen molar-refractivity contribution in [3.8, 4) is 0 Å². The largest absolute Gasteiger partial charge is 0.386 e. The molecule has 1 aromatic carbocycles. The third-order valence-corrected chi connectivity index (χ3v) is 3.92. The smallest absolute Gasteiger partial charge is 0.102 e. The van der Waals surface area contributed by atoms with Crippen LogP contribution in [0.15, 0.2) is 18.2 Å². The molecule has 1 aliphatic carbocycles. The number of aliphatic hydroxyl groups is 1. The summed E-state index contributed by atoms with van der Waals surface area (Å²) >= 11 is 0. The lowest BCUT2D eigenvalue weighted by atomic mass is 10.0. The number of benzene rings is 1. The summed E-state index contributed by atoms with van der Waals surface area (Å²) in [5.41, 5.74) is 3.37. The van der Waals surface area contributed by atoms with Crippen LogP contribution in [0.25, 0.3) is 0 Å². The van der Waals surface area contributed by atoms with Crippen LogP contribution in [0, 0.1) is 13.8 Å². The molecule has 0 aromatic heterocycles. The van der Waals surface area contributed by atoms with Gasteiger partial charge in [-0.25, -0.2) is 0 Å². The third-order valence-electron chi connectivity index (χ3n) is 3.92. The zero-order valence-corrected chi connectivity index (χ0v) is 12.2. The van der Waals surface area contributed by atoms with Crippen LogP contribution in [-0.4, -0.2) is 17.8 Å². The Balaban J connectivity index is 1.87. The number of aryl methyl sites for hydroxylation is 2. The number of hydrogen-bond donors (Lipinski definition) is 1. The molecule has 0 amide bonds. The van der Waals surface area contributed by atoms with Crippen LogP contribution in [0.5, 0.6) is 0 Å². The molecule has 1 saturated carbocycles. The van der Waals surface area contributed by atoms with Gasteiger partial charge in [0.15, 0.2) is 0 Å². The Hall–Kier alpha value is -0.860. The molecule has 1 fully saturated rings. The van der Waals surface area contributed by atoms with Crippen LogP contribution in [0.1, 0.15) is 61.3 Å². The summed E-state index contributed by atoms with van der Waals surface area (Å²) in [6.07, 6.45) is 7.36. The van der Waals surface area contributed by atoms with Crippen molar-refractivity contribution in [3.05, 3.63) is 34.9 Å². The Morgan fingerprint density at radius 2 is 1.63 bits per heavy atom. The van der Waals surface area contributed by atoms with Gasteiger partial charge in [-0.1, -0.05) is 55.0 Å². The minimum Gasteiger partial charge on any atom is -0.386 e. The van der Waals surface area contributed by atoms with E-state index in [1.54, 1.807) is 0 Å². The average Bonchev–Trinajstić information content (AvgIpc) is 2.63. The maximum absolute atomic E-state index is 10.2. The van der Waals surface area contributed by atoms with Gasteiger partial charge in [-0.3, -0.25) is 0 Å². The fourth-order valence-electron chi connectivity index (χ4n) is 2.93. The lowest BCUT2D eigenvalue weighted by Gasteiger charge is -2.19. The summed E-state index contributed by atoms with van der Waals surface area (Å²) in [4.78, 5) is 0. The molecule has 2 rings (SSSR count). The SMILES string of the molecule is Cc1cc(C)cc(C(O)COC2CCCCCC2)c1. The van der Waals surface area contributed by atoms with Crippen LogP contribution in [-0.2, 0) is 4.74 Å². The topological polar surface area (TPSA) is 29.5 Å². The summed E-state index contributed by atoms with van der Waals surface area (Å²) in [6.45, 7) is 4.55. The molecule has 0 bridgehead atoms. The quantitative estimate of drug-likeness (QED) is 0.829. The first-order valence-electron chi connectivity index (χ1n) is 7.53. The van der Waals surface area contributed by atoms with Gasteiger partial charge in [-0.05, 0) is 32.3 Å². The highest BCUT2D eigenvalue weighted by Crippen LogP contribution is 2.22. The Morgan fingerprint density at radius 1 is 1.05 bits per heavy atom. The fraction of sp³-hybridized carbons (Fsp3) is 0.647. The lowest BCUT2D eigenvalue weighted by molar-refractivity contribution is -0.0160. The standard InChI is InChI=1S/C17H26O2/c1-13-9-14(2)11-15(10-13)17(18)12-19-16-7-5-3-4-6-8-16/h9-11,16-18H,3-8,12H2,1-2H3. The first kappa shape index (κ1) is 14.5. The van der Waals surface area contributed by atoms with E-state index in [1.807, 2.05) is 12.1 Å². The molecule has 0 saturated heterocycles. The van der Waals surface area contributed by atoms with Crippen LogP contribution < -0.4 is 0 Å². The second-order valence-corrected chi connectivity index (χ2v) is 5.88. The van der Waals surface area contributed by atoms with Gasteiger partial charge in [0.25, 0.3) is 0 Å². The molecule has 0 radical (unpaired) electrons. The van der Waals surface area contributed by atoms with E-state index in [9.17, 15) is 5.11 Å². The maximum atomic E-state index is 10.2. The van der Waals surface area contributed by atoms with Crippen molar-refractivity contribution >= 4 is 0 Å². The molecule has 1 aliphatic rings. The molecule has 0 heterocycles. The highest BCUT2D eigenvalue weighted by Gasteiger charge is 2.15. The Kier molecular flexibility index (Phi) is 5.41. The maximum Gasteiger partial charge on any atom is 0.102 e. The van der Waals surface area contributed by atoms with Gasteiger partial charge in [-0.2, -0.15) is 0 Å². The average molecular weight is 262 g/mol. The second kappa shape index (κ2) is 7.06. The molecule has 1 aromatic rings. The zero-order valence-electron chi connectivity index (χ0n) is 12.2. The van der Waals surface area contributed by atoms with E-state index in [2.05, 4.69) is 19.9 Å². The van der Waals surface area contributed by atoms with Gasteiger partial charge in [0.05, 0.1) is 12.7 Å². The highest BCUT2D eigenvalue weighted by atomic mass is 16.5. The zero-order chi connectivity index (χ0) is 13.7. The molecule has 1 N–H and O–H groups in total. The summed E-state index contributed by atoms with van der Waals surface area (Å²) in [5, 5.41) is 10.2. The van der Waals surface area contributed by atoms with E-state index in [4.69, 9.17) is 4.74 Å². The van der Waals surface area contributed by atoms with Crippen LogP contribution in [0.3, 0.4) is 0 Å². The second-order valence-electron chi connectivity index (χ2n) is 5.88. The summed E-state index contributed by atoms with van der Waals surface area (Å²) in [7, 11) is 0. The molecule has 2 heteroatoms. The van der Waals surface area contributed by atoms with Gasteiger partial charge in [0.2, 0.25) is 0 Å². The van der Waals surface area contributed by atoms with Crippen molar-refractivity contribution in [2.24, 2.45) is 0 Å². The van der Waals surface area contributed by atoms with E-state index in [1.165, 1.54) is 36.8 Å². The normalized spacial score (nSPS) is 19.1. The van der Waals surface area contributed by atoms with Crippen LogP contribution >= 0.6 is 0 Å². The van der Waals surface area contributed by atoms with E-state index >= 15 is 0 Å². The van der Waals surface area contributed by atoms with E-state index in [0.717, 1.165) is 18.4 Å². The number of rotatable bonds is 4. The fourth-order valence-corrected chi connectivity index (χ4v) is 2.93. The van der Waals surface area contributed by atoms with Crippen molar-refractivity contribution in [1.82, 2.24) is 0 Å². The van der Waals surface area contributed by atoms with Gasteiger partial charge in [-0.15, -0.1) is 0 Å². The summed E-state index contributed by atoms with van der Waals surface area (Å²) < 4.78 is 5.91. The minimum atomic E-state index is -0.498. The number of hydrogen-bond acceptors (Lipinski definition) is 2. The number of aliphatic hydroxyl groups excluding tert-OH is 1. The Bertz CT molecular complexity index is 372. The van der Waals surface area contributed by atoms with Crippen molar-refractivity contribution in [1.29, 1.82) is 0 Å². The van der Waals surface area contributed by atoms with Gasteiger partial charge >= 0.3 is 0 Å². The first-order chi connectivity index (χ1) is 9.15. The van der Waals surface area contributed by atoms with Crippen molar-refractivity contribution in [2.75, 3.05) is 6.61 Å². The van der Waals surface area contributed by atoms with Gasteiger partial charge in [0, 0.05) is 0 Å². The van der Waals surface area contributed by atoms with Crippen molar-refractivity contribution in [2.45, 2.75) is 64.6 Å². The molecule has 106 valence electrons. The van der Waals surface area contributed by atoms with E-state index in [0.29, 0.717) is 12.7 Å². The van der Waals surface area contributed by atoms with E-state index in [-0.39, 0.29) is 0 Å². The molecular formula is C17H26O2. The Labute approximate surface area is 116 Å². The molecule has 1 atom stereocenters. The highest BCUT2D eigenvalue weighted by molar-refractivity contribution is 5.29. The summed E-state index contributed by atoms with van der Waals surface area (Å²) in [6, 6.07) is 6.23. The third kappa shape index (κ3) is 4.63. The first-order valence-corrected chi connectivity index (χ1v) is 7.53. The Morgan fingerprint density at radius 3 is 2.21 bits per heavy atom. The summed E-state index contributed by atoms with van der Waals surface area (Å²) in [5.74, 6) is 0. The number of ether oxygens (including phenoxy) is 1. The predicted octanol–water partition coefficient (Wildman–Crippen LogP) is 4.08. The van der Waals surface area contributed by atoms with Crippen molar-refractivity contribution in [3.63, 3.8) is 0 Å². The minimum absolute atomic E-state index is 0.350. The molecule has 1 unspecified atom stereocenters. The van der Waals surface area contributed by atoms with Gasteiger partial charge in [0.1, 0.15) is 6.10 Å². The monoisotopic (exact) mass is 262 g/mol. The van der Waals surface area contributed by atoms with Crippen molar-refractivity contribution < 1.29 is 9.84 Å². The van der Waals surface area contributed by atoms with Crippen LogP contribution in [0.2, 0.25) is 0 Å². The predicted molar refractivity (Wildman–Crippen MR) is 78.3 cm³/mol. The molecule has 0 aliphatic heterocycles. The van der Waals surface area contributed by atoms with E-state index < -0.39 is 6.10 Å². The lowest BCUT2D eigenvalue weighted by Crippen LogP contribution is -2.17. The van der Waals surface area contributed by atoms with Gasteiger partial charge < -0.3 is 9.84 Å². The molecule has 0 spiro atoms. The molecular weight excluding hydrogens is 236 g/mol. The molecule has 19 heavy (non-hydrogen) atoms. The van der Waals surface area contributed by atoms with Crippen LogP contribution in [0.4, 0.5) is 0 Å².